The molecule has 162 valence electrons. The number of carbonyl (C=O) groups excluding carboxylic acids is 1. The second kappa shape index (κ2) is 11.1. The van der Waals surface area contributed by atoms with Crippen molar-refractivity contribution in [2.45, 2.75) is 38.1 Å². The molecule has 2 aromatic rings. The molecular formula is C23H27ClFNO4. The van der Waals surface area contributed by atoms with E-state index in [1.165, 1.54) is 12.1 Å². The molecule has 0 bridgehead atoms. The molecule has 7 heteroatoms. The summed E-state index contributed by atoms with van der Waals surface area (Å²) in [7, 11) is 0. The first kappa shape index (κ1) is 23.8. The summed E-state index contributed by atoms with van der Waals surface area (Å²) >= 11 is 0. The van der Waals surface area contributed by atoms with Crippen LogP contribution in [-0.2, 0) is 4.79 Å². The smallest absolute Gasteiger partial charge is 0.335 e. The van der Waals surface area contributed by atoms with Gasteiger partial charge in [-0.2, -0.15) is 0 Å². The predicted molar refractivity (Wildman–Crippen MR) is 115 cm³/mol. The molecule has 0 amide bonds. The van der Waals surface area contributed by atoms with Crippen LogP contribution in [0.3, 0.4) is 0 Å². The van der Waals surface area contributed by atoms with Gasteiger partial charge in [-0.1, -0.05) is 19.1 Å². The summed E-state index contributed by atoms with van der Waals surface area (Å²) in [4.78, 5) is 26.0. The number of benzene rings is 2. The molecular weight excluding hydrogens is 409 g/mol. The lowest BCUT2D eigenvalue weighted by Gasteiger charge is -2.24. The van der Waals surface area contributed by atoms with Gasteiger partial charge in [0.25, 0.3) is 0 Å². The number of nitrogens with zero attached hydrogens (tertiary/aromatic N) is 1. The number of Topliss-reactive ketones (excluding diaryl/α,β-unsaturated/α-hetero) is 1. The average molecular weight is 436 g/mol. The van der Waals surface area contributed by atoms with E-state index in [2.05, 4.69) is 4.90 Å². The SMILES string of the molecule is C[C@H](CC(=O)[C@H]1CCCN1CCOc1ccc(F)cc1)c1ccc(C(=O)O)cc1.Cl. The van der Waals surface area contributed by atoms with Gasteiger partial charge in [0.1, 0.15) is 18.2 Å². The Kier molecular flexibility index (Phi) is 8.81. The molecule has 5 nitrogen and oxygen atoms in total. The van der Waals surface area contributed by atoms with Gasteiger partial charge in [-0.05, 0) is 67.3 Å². The first-order valence-corrected chi connectivity index (χ1v) is 9.92. The van der Waals surface area contributed by atoms with Gasteiger partial charge >= 0.3 is 5.97 Å². The molecule has 3 rings (SSSR count). The summed E-state index contributed by atoms with van der Waals surface area (Å²) in [6, 6.07) is 12.5. The van der Waals surface area contributed by atoms with Crippen LogP contribution in [-0.4, -0.2) is 47.5 Å². The minimum Gasteiger partial charge on any atom is -0.492 e. The quantitative estimate of drug-likeness (QED) is 0.625. The highest BCUT2D eigenvalue weighted by Gasteiger charge is 2.31. The van der Waals surface area contributed by atoms with Crippen LogP contribution in [0.2, 0.25) is 0 Å². The van der Waals surface area contributed by atoms with Crippen molar-refractivity contribution in [2.24, 2.45) is 0 Å². The first-order chi connectivity index (χ1) is 13.9. The Balaban J connectivity index is 0.00000320. The molecule has 0 spiro atoms. The third-order valence-electron chi connectivity index (χ3n) is 5.43. The van der Waals surface area contributed by atoms with Gasteiger partial charge in [-0.25, -0.2) is 9.18 Å². The molecule has 1 fully saturated rings. The molecule has 1 aliphatic rings. The van der Waals surface area contributed by atoms with Gasteiger partial charge < -0.3 is 9.84 Å². The van der Waals surface area contributed by atoms with Gasteiger partial charge in [0.15, 0.2) is 5.78 Å². The number of hydrogen-bond acceptors (Lipinski definition) is 4. The van der Waals surface area contributed by atoms with Crippen LogP contribution in [0.5, 0.6) is 5.75 Å². The second-order valence-corrected chi connectivity index (χ2v) is 7.50. The van der Waals surface area contributed by atoms with E-state index in [0.29, 0.717) is 25.3 Å². The van der Waals surface area contributed by atoms with Crippen molar-refractivity contribution < 1.29 is 23.8 Å². The first-order valence-electron chi connectivity index (χ1n) is 9.92. The van der Waals surface area contributed by atoms with Crippen molar-refractivity contribution in [1.82, 2.24) is 4.90 Å². The van der Waals surface area contributed by atoms with Crippen LogP contribution in [0.15, 0.2) is 48.5 Å². The zero-order valence-electron chi connectivity index (χ0n) is 16.9. The molecule has 2 atom stereocenters. The second-order valence-electron chi connectivity index (χ2n) is 7.50. The van der Waals surface area contributed by atoms with E-state index in [9.17, 15) is 14.0 Å². The van der Waals surface area contributed by atoms with E-state index in [1.54, 1.807) is 36.4 Å². The minimum atomic E-state index is -0.954. The summed E-state index contributed by atoms with van der Waals surface area (Å²) in [6.45, 7) is 3.95. The van der Waals surface area contributed by atoms with Gasteiger partial charge in [0.05, 0.1) is 11.6 Å². The van der Waals surface area contributed by atoms with Crippen LogP contribution < -0.4 is 4.74 Å². The predicted octanol–water partition coefficient (Wildman–Crippen LogP) is 4.55. The van der Waals surface area contributed by atoms with Crippen molar-refractivity contribution in [3.63, 3.8) is 0 Å². The Morgan fingerprint density at radius 1 is 1.17 bits per heavy atom. The Bertz CT molecular complexity index is 841. The zero-order chi connectivity index (χ0) is 20.8. The lowest BCUT2D eigenvalue weighted by molar-refractivity contribution is -0.123. The third-order valence-corrected chi connectivity index (χ3v) is 5.43. The number of ether oxygens (including phenoxy) is 1. The molecule has 1 aliphatic heterocycles. The average Bonchev–Trinajstić information content (AvgIpc) is 3.18. The molecule has 0 aromatic heterocycles. The lowest BCUT2D eigenvalue weighted by Crippen LogP contribution is -2.39. The van der Waals surface area contributed by atoms with Crippen LogP contribution in [0.1, 0.15) is 48.0 Å². The fourth-order valence-electron chi connectivity index (χ4n) is 3.78. The highest BCUT2D eigenvalue weighted by molar-refractivity contribution is 5.87. The number of rotatable bonds is 9. The Labute approximate surface area is 182 Å². The number of likely N-dealkylation sites (tertiary alicyclic amines) is 1. The number of aromatic carboxylic acids is 1. The molecule has 1 heterocycles. The van der Waals surface area contributed by atoms with Crippen LogP contribution >= 0.6 is 12.4 Å². The highest BCUT2D eigenvalue weighted by Crippen LogP contribution is 2.25. The molecule has 1 N–H and O–H groups in total. The summed E-state index contributed by atoms with van der Waals surface area (Å²) in [5.74, 6) is -0.395. The fourth-order valence-corrected chi connectivity index (χ4v) is 3.78. The topological polar surface area (TPSA) is 66.8 Å². The van der Waals surface area contributed by atoms with Crippen molar-refractivity contribution in [3.8, 4) is 5.75 Å². The number of halogens is 2. The summed E-state index contributed by atoms with van der Waals surface area (Å²) in [5, 5.41) is 9.00. The highest BCUT2D eigenvalue weighted by atomic mass is 35.5. The normalized spacial score (nSPS) is 17.2. The van der Waals surface area contributed by atoms with E-state index in [1.807, 2.05) is 6.92 Å². The van der Waals surface area contributed by atoms with Gasteiger partial charge in [-0.3, -0.25) is 9.69 Å². The van der Waals surface area contributed by atoms with Crippen molar-refractivity contribution >= 4 is 24.2 Å². The summed E-state index contributed by atoms with van der Waals surface area (Å²) in [5.41, 5.74) is 1.21. The van der Waals surface area contributed by atoms with Gasteiger partial charge in [-0.15, -0.1) is 12.4 Å². The maximum absolute atomic E-state index is 12.9. The number of carbonyl (C=O) groups is 2. The lowest BCUT2D eigenvalue weighted by atomic mass is 9.92. The maximum atomic E-state index is 12.9. The molecule has 0 radical (unpaired) electrons. The van der Waals surface area contributed by atoms with Crippen LogP contribution in [0.4, 0.5) is 4.39 Å². The van der Waals surface area contributed by atoms with E-state index >= 15 is 0 Å². The van der Waals surface area contributed by atoms with Crippen LogP contribution in [0.25, 0.3) is 0 Å². The van der Waals surface area contributed by atoms with Gasteiger partial charge in [0.2, 0.25) is 0 Å². The maximum Gasteiger partial charge on any atom is 0.335 e. The van der Waals surface area contributed by atoms with Crippen LogP contribution in [0, 0.1) is 5.82 Å². The Hall–Kier alpha value is -2.44. The third kappa shape index (κ3) is 6.28. The van der Waals surface area contributed by atoms with E-state index in [-0.39, 0.29) is 41.5 Å². The summed E-state index contributed by atoms with van der Waals surface area (Å²) in [6.07, 6.45) is 2.25. The summed E-state index contributed by atoms with van der Waals surface area (Å²) < 4.78 is 18.6. The zero-order valence-corrected chi connectivity index (χ0v) is 17.7. The standard InChI is InChI=1S/C23H26FNO4.ClH/c1-16(17-4-6-18(7-5-17)23(27)28)15-22(26)21-3-2-12-25(21)13-14-29-20-10-8-19(24)9-11-20;/h4-11,16,21H,2-3,12-15H2,1H3,(H,27,28);1H/t16-,21-;/m1./s1. The molecule has 0 saturated carbocycles. The van der Waals surface area contributed by atoms with E-state index in [4.69, 9.17) is 9.84 Å². The molecule has 0 unspecified atom stereocenters. The van der Waals surface area contributed by atoms with Crippen molar-refractivity contribution in [3.05, 3.63) is 65.5 Å². The van der Waals surface area contributed by atoms with Gasteiger partial charge in [0, 0.05) is 13.0 Å². The van der Waals surface area contributed by atoms with E-state index in [0.717, 1.165) is 24.9 Å². The number of ketones is 1. The van der Waals surface area contributed by atoms with E-state index < -0.39 is 5.97 Å². The minimum absolute atomic E-state index is 0. The fraction of sp³-hybridized carbons (Fsp3) is 0.391. The molecule has 2 aromatic carbocycles. The number of carboxylic acid groups (broad SMARTS) is 1. The molecule has 0 aliphatic carbocycles. The molecule has 30 heavy (non-hydrogen) atoms. The number of carboxylic acids is 1. The van der Waals surface area contributed by atoms with Crippen molar-refractivity contribution in [2.75, 3.05) is 19.7 Å². The monoisotopic (exact) mass is 435 g/mol. The van der Waals surface area contributed by atoms with Crippen molar-refractivity contribution in [1.29, 1.82) is 0 Å². The number of hydrogen-bond donors (Lipinski definition) is 1. The Morgan fingerprint density at radius 2 is 1.83 bits per heavy atom. The largest absolute Gasteiger partial charge is 0.492 e. The molecule has 1 saturated heterocycles. The Morgan fingerprint density at radius 3 is 2.47 bits per heavy atom.